The van der Waals surface area contributed by atoms with Gasteiger partial charge < -0.3 is 4.90 Å². The highest BCUT2D eigenvalue weighted by atomic mass is 32.2. The number of carbonyl (C=O) groups excluding carboxylic acids is 1. The van der Waals surface area contributed by atoms with Crippen molar-refractivity contribution in [2.75, 3.05) is 32.4 Å². The molecule has 0 radical (unpaired) electrons. The van der Waals surface area contributed by atoms with Crippen LogP contribution in [0, 0.1) is 5.41 Å². The molecule has 142 valence electrons. The summed E-state index contributed by atoms with van der Waals surface area (Å²) in [5, 5.41) is 0. The summed E-state index contributed by atoms with van der Waals surface area (Å²) in [7, 11) is 0. The van der Waals surface area contributed by atoms with Crippen LogP contribution in [0.15, 0.2) is 59.5 Å². The summed E-state index contributed by atoms with van der Waals surface area (Å²) in [4.78, 5) is 19.0. The lowest BCUT2D eigenvalue weighted by molar-refractivity contribution is -0.135. The molecule has 2 aromatic carbocycles. The Hall–Kier alpha value is -1.78. The van der Waals surface area contributed by atoms with Crippen molar-refractivity contribution in [3.05, 3.63) is 65.7 Å². The first-order valence-corrected chi connectivity index (χ1v) is 11.1. The Morgan fingerprint density at radius 1 is 0.963 bits per heavy atom. The largest absolute Gasteiger partial charge is 0.342 e. The number of carbonyl (C=O) groups is 1. The van der Waals surface area contributed by atoms with Crippen LogP contribution in [0.25, 0.3) is 0 Å². The maximum Gasteiger partial charge on any atom is 0.230 e. The molecule has 0 N–H and O–H groups in total. The standard InChI is InChI=1S/C23H28N2OS/c1-27-21-9-7-20(8-10-21)17-24-15-12-23(18-24)13-16-25(22(23)26)14-11-19-5-3-2-4-6-19/h2-10H,11-18H2,1H3. The second-order valence-electron chi connectivity index (χ2n) is 7.87. The van der Waals surface area contributed by atoms with Crippen LogP contribution in [0.3, 0.4) is 0 Å². The fraction of sp³-hybridized carbons (Fsp3) is 0.435. The van der Waals surface area contributed by atoms with Gasteiger partial charge in [-0.1, -0.05) is 42.5 Å². The van der Waals surface area contributed by atoms with E-state index in [1.807, 2.05) is 6.07 Å². The van der Waals surface area contributed by atoms with Crippen molar-refractivity contribution in [3.63, 3.8) is 0 Å². The second kappa shape index (κ2) is 8.07. The van der Waals surface area contributed by atoms with Gasteiger partial charge in [-0.2, -0.15) is 0 Å². The zero-order chi connectivity index (χ0) is 18.7. The van der Waals surface area contributed by atoms with Gasteiger partial charge in [-0.05, 0) is 55.3 Å². The normalized spacial score (nSPS) is 22.9. The molecule has 2 aliphatic heterocycles. The quantitative estimate of drug-likeness (QED) is 0.706. The molecule has 4 heteroatoms. The van der Waals surface area contributed by atoms with Crippen molar-refractivity contribution in [1.29, 1.82) is 0 Å². The van der Waals surface area contributed by atoms with Crippen molar-refractivity contribution in [2.45, 2.75) is 30.7 Å². The van der Waals surface area contributed by atoms with Crippen molar-refractivity contribution in [3.8, 4) is 0 Å². The van der Waals surface area contributed by atoms with Gasteiger partial charge in [-0.15, -0.1) is 11.8 Å². The van der Waals surface area contributed by atoms with Crippen LogP contribution in [-0.4, -0.2) is 48.1 Å². The van der Waals surface area contributed by atoms with Gasteiger partial charge in [-0.3, -0.25) is 9.69 Å². The predicted octanol–water partition coefficient (Wildman–Crippen LogP) is 4.08. The monoisotopic (exact) mass is 380 g/mol. The Bertz CT molecular complexity index is 777. The van der Waals surface area contributed by atoms with E-state index in [-0.39, 0.29) is 5.41 Å². The number of amides is 1. The molecule has 0 aromatic heterocycles. The van der Waals surface area contributed by atoms with Gasteiger partial charge in [0.25, 0.3) is 0 Å². The lowest BCUT2D eigenvalue weighted by Gasteiger charge is -2.24. The Kier molecular flexibility index (Phi) is 5.55. The molecule has 1 atom stereocenters. The molecule has 27 heavy (non-hydrogen) atoms. The molecule has 1 amide bonds. The fourth-order valence-electron chi connectivity index (χ4n) is 4.48. The molecular formula is C23H28N2OS. The average Bonchev–Trinajstić information content (AvgIpc) is 3.26. The number of hydrogen-bond acceptors (Lipinski definition) is 3. The minimum atomic E-state index is -0.129. The highest BCUT2D eigenvalue weighted by Crippen LogP contribution is 2.41. The molecule has 2 aliphatic rings. The van der Waals surface area contributed by atoms with E-state index in [0.717, 1.165) is 52.0 Å². The number of rotatable bonds is 6. The maximum atomic E-state index is 13.1. The van der Waals surface area contributed by atoms with E-state index < -0.39 is 0 Å². The molecule has 1 unspecified atom stereocenters. The van der Waals surface area contributed by atoms with Crippen LogP contribution in [0.5, 0.6) is 0 Å². The summed E-state index contributed by atoms with van der Waals surface area (Å²) < 4.78 is 0. The summed E-state index contributed by atoms with van der Waals surface area (Å²) in [5.74, 6) is 0.388. The molecule has 1 spiro atoms. The third-order valence-corrected chi connectivity index (χ3v) is 6.86. The van der Waals surface area contributed by atoms with Crippen LogP contribution in [0.2, 0.25) is 0 Å². The lowest BCUT2D eigenvalue weighted by atomic mass is 9.85. The smallest absolute Gasteiger partial charge is 0.230 e. The molecule has 2 fully saturated rings. The van der Waals surface area contributed by atoms with Crippen molar-refractivity contribution < 1.29 is 4.79 Å². The first-order chi connectivity index (χ1) is 13.2. The molecule has 0 saturated carbocycles. The minimum Gasteiger partial charge on any atom is -0.342 e. The highest BCUT2D eigenvalue weighted by Gasteiger charge is 2.50. The molecule has 3 nitrogen and oxygen atoms in total. The zero-order valence-electron chi connectivity index (χ0n) is 16.1. The maximum absolute atomic E-state index is 13.1. The minimum absolute atomic E-state index is 0.129. The highest BCUT2D eigenvalue weighted by molar-refractivity contribution is 7.98. The molecule has 4 rings (SSSR count). The molecule has 2 aromatic rings. The number of hydrogen-bond donors (Lipinski definition) is 0. The topological polar surface area (TPSA) is 23.6 Å². The summed E-state index contributed by atoms with van der Waals surface area (Å²) in [6, 6.07) is 19.3. The SMILES string of the molecule is CSc1ccc(CN2CCC3(CCN(CCc4ccccc4)C3=O)C2)cc1. The predicted molar refractivity (Wildman–Crippen MR) is 112 cm³/mol. The van der Waals surface area contributed by atoms with Crippen LogP contribution in [0.4, 0.5) is 0 Å². The van der Waals surface area contributed by atoms with E-state index in [2.05, 4.69) is 64.6 Å². The van der Waals surface area contributed by atoms with Crippen molar-refractivity contribution >= 4 is 17.7 Å². The molecule has 0 bridgehead atoms. The van der Waals surface area contributed by atoms with Gasteiger partial charge in [-0.25, -0.2) is 0 Å². The first-order valence-electron chi connectivity index (χ1n) is 9.87. The van der Waals surface area contributed by atoms with Gasteiger partial charge in [0.2, 0.25) is 5.91 Å². The molecule has 2 saturated heterocycles. The van der Waals surface area contributed by atoms with Crippen molar-refractivity contribution in [1.82, 2.24) is 9.80 Å². The first kappa shape index (κ1) is 18.6. The molecule has 0 aliphatic carbocycles. The Balaban J connectivity index is 1.33. The third kappa shape index (κ3) is 4.07. The van der Waals surface area contributed by atoms with E-state index in [1.54, 1.807) is 11.8 Å². The van der Waals surface area contributed by atoms with E-state index in [9.17, 15) is 4.79 Å². The van der Waals surface area contributed by atoms with Crippen LogP contribution in [0.1, 0.15) is 24.0 Å². The number of nitrogens with zero attached hydrogens (tertiary/aromatic N) is 2. The molecular weight excluding hydrogens is 352 g/mol. The van der Waals surface area contributed by atoms with Crippen molar-refractivity contribution in [2.24, 2.45) is 5.41 Å². The van der Waals surface area contributed by atoms with E-state index >= 15 is 0 Å². The summed E-state index contributed by atoms with van der Waals surface area (Å²) in [5.41, 5.74) is 2.53. The van der Waals surface area contributed by atoms with Gasteiger partial charge >= 0.3 is 0 Å². The average molecular weight is 381 g/mol. The number of benzene rings is 2. The fourth-order valence-corrected chi connectivity index (χ4v) is 4.88. The van der Waals surface area contributed by atoms with Gasteiger partial charge in [0.15, 0.2) is 0 Å². The Morgan fingerprint density at radius 2 is 1.70 bits per heavy atom. The van der Waals surface area contributed by atoms with Crippen LogP contribution >= 0.6 is 11.8 Å². The van der Waals surface area contributed by atoms with E-state index in [0.29, 0.717) is 5.91 Å². The Morgan fingerprint density at radius 3 is 2.44 bits per heavy atom. The lowest BCUT2D eigenvalue weighted by Crippen LogP contribution is -2.37. The summed E-state index contributed by atoms with van der Waals surface area (Å²) in [6.07, 6.45) is 5.09. The summed E-state index contributed by atoms with van der Waals surface area (Å²) in [6.45, 7) is 4.66. The zero-order valence-corrected chi connectivity index (χ0v) is 16.9. The third-order valence-electron chi connectivity index (χ3n) is 6.11. The summed E-state index contributed by atoms with van der Waals surface area (Å²) >= 11 is 1.78. The van der Waals surface area contributed by atoms with E-state index in [1.165, 1.54) is 16.0 Å². The molecule has 2 heterocycles. The van der Waals surface area contributed by atoms with Crippen LogP contribution in [-0.2, 0) is 17.8 Å². The van der Waals surface area contributed by atoms with Gasteiger partial charge in [0.05, 0.1) is 5.41 Å². The van der Waals surface area contributed by atoms with Gasteiger partial charge in [0, 0.05) is 31.1 Å². The van der Waals surface area contributed by atoms with E-state index in [4.69, 9.17) is 0 Å². The second-order valence-corrected chi connectivity index (χ2v) is 8.75. The van der Waals surface area contributed by atoms with Gasteiger partial charge in [0.1, 0.15) is 0 Å². The Labute approximate surface area is 166 Å². The number of likely N-dealkylation sites (tertiary alicyclic amines) is 2. The van der Waals surface area contributed by atoms with Crippen LogP contribution < -0.4 is 0 Å². The number of thioether (sulfide) groups is 1.